The second-order valence-corrected chi connectivity index (χ2v) is 11.3. The Hall–Kier alpha value is -3.49. The number of carbonyl (C=O) groups is 4. The van der Waals surface area contributed by atoms with Crippen LogP contribution < -0.4 is 5.32 Å². The van der Waals surface area contributed by atoms with Crippen molar-refractivity contribution in [3.63, 3.8) is 0 Å². The van der Waals surface area contributed by atoms with Gasteiger partial charge >= 0.3 is 0 Å². The number of nitrogens with one attached hydrogen (secondary N) is 1. The molecule has 0 aromatic heterocycles. The van der Waals surface area contributed by atoms with E-state index in [-0.39, 0.29) is 18.5 Å². The molecular weight excluding hydrogens is 582 g/mol. The van der Waals surface area contributed by atoms with Crippen molar-refractivity contribution in [3.05, 3.63) is 98.5 Å². The van der Waals surface area contributed by atoms with Gasteiger partial charge in [-0.2, -0.15) is 0 Å². The van der Waals surface area contributed by atoms with Crippen LogP contribution in [0.15, 0.2) is 71.2 Å². The van der Waals surface area contributed by atoms with Crippen molar-refractivity contribution in [2.75, 3.05) is 18.9 Å². The van der Waals surface area contributed by atoms with E-state index < -0.39 is 17.7 Å². The second-order valence-electron chi connectivity index (χ2n) is 9.98. The lowest BCUT2D eigenvalue weighted by Gasteiger charge is -2.35. The molecule has 39 heavy (non-hydrogen) atoms. The van der Waals surface area contributed by atoms with Gasteiger partial charge < -0.3 is 10.2 Å². The van der Waals surface area contributed by atoms with Gasteiger partial charge in [0.25, 0.3) is 17.7 Å². The Morgan fingerprint density at radius 1 is 0.923 bits per heavy atom. The van der Waals surface area contributed by atoms with Gasteiger partial charge in [-0.15, -0.1) is 0 Å². The summed E-state index contributed by atoms with van der Waals surface area (Å²) in [6.07, 6.45) is 3.75. The number of carbonyl (C=O) groups excluding carboxylic acids is 4. The molecule has 7 nitrogen and oxygen atoms in total. The third kappa shape index (κ3) is 5.77. The lowest BCUT2D eigenvalue weighted by atomic mass is 9.81. The zero-order valence-corrected chi connectivity index (χ0v) is 23.7. The number of hydrogen-bond donors (Lipinski definition) is 1. The van der Waals surface area contributed by atoms with Gasteiger partial charge in [-0.3, -0.25) is 24.1 Å². The first kappa shape index (κ1) is 27.1. The molecule has 1 aliphatic carbocycles. The summed E-state index contributed by atoms with van der Waals surface area (Å²) < 4.78 is 0.695. The van der Waals surface area contributed by atoms with Gasteiger partial charge in [0.2, 0.25) is 5.91 Å². The van der Waals surface area contributed by atoms with Crippen LogP contribution in [-0.2, 0) is 4.79 Å². The number of fused-ring (bicyclic) bond motifs is 1. The lowest BCUT2D eigenvalue weighted by Crippen LogP contribution is -2.39. The molecule has 1 saturated carbocycles. The summed E-state index contributed by atoms with van der Waals surface area (Å²) in [6.45, 7) is -0.349. The molecule has 0 bridgehead atoms. The highest BCUT2D eigenvalue weighted by Crippen LogP contribution is 2.35. The van der Waals surface area contributed by atoms with E-state index in [9.17, 15) is 19.2 Å². The van der Waals surface area contributed by atoms with E-state index in [0.717, 1.165) is 30.6 Å². The van der Waals surface area contributed by atoms with Crippen LogP contribution in [0, 0.1) is 0 Å². The fourth-order valence-electron chi connectivity index (χ4n) is 5.35. The summed E-state index contributed by atoms with van der Waals surface area (Å²) >= 11 is 9.25. The molecule has 200 valence electrons. The Balaban J connectivity index is 1.13. The van der Waals surface area contributed by atoms with Gasteiger partial charge in [0.15, 0.2) is 0 Å². The van der Waals surface area contributed by atoms with Gasteiger partial charge in [-0.05, 0) is 91.8 Å². The van der Waals surface area contributed by atoms with Gasteiger partial charge in [-0.25, -0.2) is 0 Å². The summed E-state index contributed by atoms with van der Waals surface area (Å²) in [4.78, 5) is 53.5. The van der Waals surface area contributed by atoms with Crippen molar-refractivity contribution in [2.24, 2.45) is 0 Å². The van der Waals surface area contributed by atoms with Crippen LogP contribution in [0.4, 0.5) is 5.69 Å². The number of benzene rings is 3. The van der Waals surface area contributed by atoms with E-state index in [1.54, 1.807) is 42.5 Å². The molecule has 3 aromatic carbocycles. The van der Waals surface area contributed by atoms with Gasteiger partial charge in [-0.1, -0.05) is 39.7 Å². The number of imide groups is 1. The summed E-state index contributed by atoms with van der Waals surface area (Å²) in [5.74, 6) is -1.00. The minimum absolute atomic E-state index is 0.00397. The van der Waals surface area contributed by atoms with Gasteiger partial charge in [0, 0.05) is 33.8 Å². The highest BCUT2D eigenvalue weighted by Gasteiger charge is 2.36. The third-order valence-corrected chi connectivity index (χ3v) is 8.30. The molecule has 0 radical (unpaired) electrons. The van der Waals surface area contributed by atoms with Crippen LogP contribution >= 0.6 is 27.5 Å². The maximum Gasteiger partial charge on any atom is 0.262 e. The quantitative estimate of drug-likeness (QED) is 0.341. The molecule has 1 N–H and O–H groups in total. The molecule has 0 spiro atoms. The van der Waals surface area contributed by atoms with Crippen LogP contribution in [0.3, 0.4) is 0 Å². The Morgan fingerprint density at radius 3 is 2.23 bits per heavy atom. The standard InChI is InChI=1S/C30H27BrClN3O4/c1-34(28(37)20-2-9-22(32)10-3-20)24-13-6-19(7-14-24)18-4-11-23(12-5-18)33-27(36)17-35-29(38)25-15-8-21(31)16-26(25)30(35)39/h2-5,8-12,15-16,19,24H,6-7,13-14,17H2,1H3,(H,33,36). The van der Waals surface area contributed by atoms with E-state index in [1.807, 2.05) is 36.2 Å². The number of rotatable bonds is 6. The Kier molecular flexibility index (Phi) is 7.86. The Morgan fingerprint density at radius 2 is 1.56 bits per heavy atom. The molecule has 0 saturated heterocycles. The second kappa shape index (κ2) is 11.3. The van der Waals surface area contributed by atoms with Gasteiger partial charge in [0.05, 0.1) is 11.1 Å². The highest BCUT2D eigenvalue weighted by molar-refractivity contribution is 9.10. The summed E-state index contributed by atoms with van der Waals surface area (Å²) in [5.41, 5.74) is 3.02. The summed E-state index contributed by atoms with van der Waals surface area (Å²) in [5, 5.41) is 3.39. The average molecular weight is 609 g/mol. The SMILES string of the molecule is CN(C(=O)c1ccc(Cl)cc1)C1CCC(c2ccc(NC(=O)CN3C(=O)c4ccc(Br)cc4C3=O)cc2)CC1. The van der Waals surface area contributed by atoms with Crippen molar-refractivity contribution in [1.29, 1.82) is 0 Å². The largest absolute Gasteiger partial charge is 0.339 e. The maximum absolute atomic E-state index is 12.9. The molecule has 5 rings (SSSR count). The van der Waals surface area contributed by atoms with Gasteiger partial charge in [0.1, 0.15) is 6.54 Å². The van der Waals surface area contributed by atoms with Crippen molar-refractivity contribution in [1.82, 2.24) is 9.80 Å². The molecule has 0 unspecified atom stereocenters. The highest BCUT2D eigenvalue weighted by atomic mass is 79.9. The molecule has 9 heteroatoms. The van der Waals surface area contributed by atoms with E-state index in [1.165, 1.54) is 5.56 Å². The monoisotopic (exact) mass is 607 g/mol. The third-order valence-electron chi connectivity index (χ3n) is 7.56. The van der Waals surface area contributed by atoms with E-state index in [2.05, 4.69) is 21.2 Å². The molecule has 4 amide bonds. The van der Waals surface area contributed by atoms with Crippen molar-refractivity contribution in [2.45, 2.75) is 37.6 Å². The summed E-state index contributed by atoms with van der Waals surface area (Å²) in [7, 11) is 1.86. The van der Waals surface area contributed by atoms with E-state index in [4.69, 9.17) is 11.6 Å². The molecule has 3 aromatic rings. The zero-order chi connectivity index (χ0) is 27.7. The number of anilines is 1. The molecule has 1 aliphatic heterocycles. The lowest BCUT2D eigenvalue weighted by molar-refractivity contribution is -0.116. The number of hydrogen-bond acceptors (Lipinski definition) is 4. The minimum atomic E-state index is -0.474. The fraction of sp³-hybridized carbons (Fsp3) is 0.267. The first-order valence-electron chi connectivity index (χ1n) is 12.8. The predicted octanol–water partition coefficient (Wildman–Crippen LogP) is 6.14. The maximum atomic E-state index is 12.9. The smallest absolute Gasteiger partial charge is 0.262 e. The van der Waals surface area contributed by atoms with Crippen molar-refractivity contribution >= 4 is 56.8 Å². The molecule has 1 fully saturated rings. The van der Waals surface area contributed by atoms with Crippen LogP contribution in [-0.4, -0.2) is 53.1 Å². The van der Waals surface area contributed by atoms with Crippen LogP contribution in [0.2, 0.25) is 5.02 Å². The van der Waals surface area contributed by atoms with E-state index >= 15 is 0 Å². The first-order valence-corrected chi connectivity index (χ1v) is 14.0. The minimum Gasteiger partial charge on any atom is -0.339 e. The zero-order valence-electron chi connectivity index (χ0n) is 21.3. The van der Waals surface area contributed by atoms with Crippen molar-refractivity contribution < 1.29 is 19.2 Å². The summed E-state index contributed by atoms with van der Waals surface area (Å²) in [6, 6.07) is 19.7. The topological polar surface area (TPSA) is 86.8 Å². The Labute approximate surface area is 240 Å². The number of amides is 4. The normalized spacial score (nSPS) is 18.6. The van der Waals surface area contributed by atoms with Crippen LogP contribution in [0.25, 0.3) is 0 Å². The molecule has 1 heterocycles. The fourth-order valence-corrected chi connectivity index (χ4v) is 5.83. The molecule has 0 atom stereocenters. The molecular formula is C30H27BrClN3O4. The first-order chi connectivity index (χ1) is 18.7. The molecule has 2 aliphatic rings. The average Bonchev–Trinajstić information content (AvgIpc) is 3.17. The van der Waals surface area contributed by atoms with Crippen molar-refractivity contribution in [3.8, 4) is 0 Å². The Bertz CT molecular complexity index is 1430. The predicted molar refractivity (Wildman–Crippen MR) is 153 cm³/mol. The number of nitrogens with zero attached hydrogens (tertiary/aromatic N) is 2. The van der Waals surface area contributed by atoms with E-state index in [0.29, 0.717) is 37.8 Å². The van der Waals surface area contributed by atoms with Crippen LogP contribution in [0.5, 0.6) is 0 Å². The number of halogens is 2. The van der Waals surface area contributed by atoms with Crippen LogP contribution in [0.1, 0.15) is 68.2 Å².